The van der Waals surface area contributed by atoms with Gasteiger partial charge in [-0.05, 0) is 6.42 Å². The second kappa shape index (κ2) is 7.97. The van der Waals surface area contributed by atoms with Crippen LogP contribution in [-0.4, -0.2) is 6.61 Å². The first-order valence-electron chi connectivity index (χ1n) is 6.24. The van der Waals surface area contributed by atoms with Crippen LogP contribution in [0, 0.1) is 0 Å². The molecule has 0 atom stereocenters. The van der Waals surface area contributed by atoms with Crippen LogP contribution in [0.5, 0.6) is 0 Å². The fraction of sp³-hybridized carbons (Fsp3) is 0.571. The van der Waals surface area contributed by atoms with Crippen molar-refractivity contribution in [3.05, 3.63) is 35.9 Å². The van der Waals surface area contributed by atoms with E-state index in [0.717, 1.165) is 12.0 Å². The van der Waals surface area contributed by atoms with Crippen LogP contribution in [0.4, 0.5) is 0 Å². The van der Waals surface area contributed by atoms with Crippen LogP contribution in [-0.2, 0) is 9.26 Å². The topological polar surface area (TPSA) is 9.23 Å². The van der Waals surface area contributed by atoms with Gasteiger partial charge in [0, 0.05) is 5.56 Å². The molecule has 0 amide bonds. The summed E-state index contributed by atoms with van der Waals surface area (Å²) in [5, 5.41) is 0. The predicted molar refractivity (Wildman–Crippen MR) is 74.5 cm³/mol. The fourth-order valence-corrected chi connectivity index (χ4v) is 2.03. The summed E-state index contributed by atoms with van der Waals surface area (Å²) in [6.45, 7) is 2.81. The Hall–Kier alpha value is -0.240. The van der Waals surface area contributed by atoms with Gasteiger partial charge in [0.05, 0.1) is 6.61 Å². The van der Waals surface area contributed by atoms with Crippen molar-refractivity contribution in [2.24, 2.45) is 0 Å². The van der Waals surface area contributed by atoms with Gasteiger partial charge in [0.1, 0.15) is 0 Å². The third-order valence-electron chi connectivity index (χ3n) is 2.64. The normalized spacial score (nSPS) is 11.7. The summed E-state index contributed by atoms with van der Waals surface area (Å²) in [5.41, 5.74) is 0.789. The molecule has 1 rings (SSSR count). The molecule has 0 aliphatic carbocycles. The second-order valence-electron chi connectivity index (χ2n) is 4.15. The highest BCUT2D eigenvalue weighted by molar-refractivity contribution is 6.46. The number of halogens is 2. The fourth-order valence-electron chi connectivity index (χ4n) is 1.62. The maximum Gasteiger partial charge on any atom is 0.244 e. The first-order chi connectivity index (χ1) is 8.17. The molecule has 0 fully saturated rings. The first kappa shape index (κ1) is 14.8. The standard InChI is InChI=1S/C14H20Cl2O/c1-2-3-4-5-9-12-17-14(15,16)13-10-7-6-8-11-13/h6-8,10-11H,2-5,9,12H2,1H3. The van der Waals surface area contributed by atoms with Crippen LogP contribution >= 0.6 is 23.2 Å². The summed E-state index contributed by atoms with van der Waals surface area (Å²) in [7, 11) is 0. The van der Waals surface area contributed by atoms with Crippen molar-refractivity contribution in [2.75, 3.05) is 6.61 Å². The average Bonchev–Trinajstić information content (AvgIpc) is 2.35. The summed E-state index contributed by atoms with van der Waals surface area (Å²) in [6, 6.07) is 9.48. The minimum atomic E-state index is -1.22. The SMILES string of the molecule is CCCCCCCOC(Cl)(Cl)c1ccccc1. The van der Waals surface area contributed by atoms with Crippen molar-refractivity contribution in [1.29, 1.82) is 0 Å². The number of unbranched alkanes of at least 4 members (excludes halogenated alkanes) is 4. The molecule has 1 aromatic carbocycles. The Kier molecular flexibility index (Phi) is 6.94. The van der Waals surface area contributed by atoms with Crippen molar-refractivity contribution in [3.8, 4) is 0 Å². The van der Waals surface area contributed by atoms with E-state index in [0.29, 0.717) is 6.61 Å². The molecule has 0 aliphatic rings. The van der Waals surface area contributed by atoms with Crippen molar-refractivity contribution >= 4 is 23.2 Å². The Morgan fingerprint density at radius 3 is 2.29 bits per heavy atom. The van der Waals surface area contributed by atoms with E-state index in [9.17, 15) is 0 Å². The van der Waals surface area contributed by atoms with Crippen LogP contribution < -0.4 is 0 Å². The second-order valence-corrected chi connectivity index (χ2v) is 5.40. The zero-order valence-corrected chi connectivity index (χ0v) is 11.8. The van der Waals surface area contributed by atoms with Crippen LogP contribution in [0.15, 0.2) is 30.3 Å². The van der Waals surface area contributed by atoms with Crippen molar-refractivity contribution in [1.82, 2.24) is 0 Å². The largest absolute Gasteiger partial charge is 0.343 e. The molecular formula is C14H20Cl2O. The smallest absolute Gasteiger partial charge is 0.244 e. The lowest BCUT2D eigenvalue weighted by atomic mass is 10.2. The van der Waals surface area contributed by atoms with E-state index >= 15 is 0 Å². The van der Waals surface area contributed by atoms with Gasteiger partial charge in [0.15, 0.2) is 0 Å². The van der Waals surface area contributed by atoms with Gasteiger partial charge in [0.25, 0.3) is 0 Å². The molecule has 0 bridgehead atoms. The molecule has 0 saturated carbocycles. The third kappa shape index (κ3) is 5.76. The molecule has 1 nitrogen and oxygen atoms in total. The van der Waals surface area contributed by atoms with Gasteiger partial charge in [-0.2, -0.15) is 0 Å². The van der Waals surface area contributed by atoms with Crippen LogP contribution in [0.25, 0.3) is 0 Å². The summed E-state index contributed by atoms with van der Waals surface area (Å²) in [6.07, 6.45) is 5.97. The quantitative estimate of drug-likeness (QED) is 0.464. The van der Waals surface area contributed by atoms with E-state index in [-0.39, 0.29) is 0 Å². The first-order valence-corrected chi connectivity index (χ1v) is 6.99. The Labute approximate surface area is 114 Å². The molecular weight excluding hydrogens is 255 g/mol. The Bertz CT molecular complexity index is 298. The van der Waals surface area contributed by atoms with Crippen molar-refractivity contribution < 1.29 is 4.74 Å². The van der Waals surface area contributed by atoms with Crippen LogP contribution in [0.2, 0.25) is 0 Å². The molecule has 0 aliphatic heterocycles. The van der Waals surface area contributed by atoms with Crippen LogP contribution in [0.1, 0.15) is 44.6 Å². The minimum absolute atomic E-state index is 0.603. The van der Waals surface area contributed by atoms with Gasteiger partial charge in [-0.25, -0.2) is 0 Å². The van der Waals surface area contributed by atoms with E-state index in [2.05, 4.69) is 6.92 Å². The maximum absolute atomic E-state index is 6.14. The number of ether oxygens (including phenoxy) is 1. The Balaban J connectivity index is 2.26. The molecule has 0 heterocycles. The molecule has 1 aromatic rings. The number of rotatable bonds is 8. The lowest BCUT2D eigenvalue weighted by Crippen LogP contribution is -2.16. The minimum Gasteiger partial charge on any atom is -0.343 e. The van der Waals surface area contributed by atoms with Crippen molar-refractivity contribution in [2.45, 2.75) is 43.5 Å². The van der Waals surface area contributed by atoms with E-state index in [4.69, 9.17) is 27.9 Å². The Morgan fingerprint density at radius 1 is 1.00 bits per heavy atom. The zero-order valence-electron chi connectivity index (χ0n) is 10.3. The molecule has 0 unspecified atom stereocenters. The van der Waals surface area contributed by atoms with E-state index in [1.807, 2.05) is 30.3 Å². The molecule has 0 saturated heterocycles. The van der Waals surface area contributed by atoms with Gasteiger partial charge in [-0.3, -0.25) is 0 Å². The summed E-state index contributed by atoms with van der Waals surface area (Å²) in [4.78, 5) is 0. The van der Waals surface area contributed by atoms with Gasteiger partial charge < -0.3 is 4.74 Å². The molecule has 0 spiro atoms. The number of hydrogen-bond donors (Lipinski definition) is 0. The highest BCUT2D eigenvalue weighted by Gasteiger charge is 2.26. The summed E-state index contributed by atoms with van der Waals surface area (Å²) in [5.74, 6) is 0. The molecule has 0 aromatic heterocycles. The van der Waals surface area contributed by atoms with Gasteiger partial charge in [-0.1, -0.05) is 86.1 Å². The number of benzene rings is 1. The predicted octanol–water partition coefficient (Wildman–Crippen LogP) is 5.26. The van der Waals surface area contributed by atoms with Crippen molar-refractivity contribution in [3.63, 3.8) is 0 Å². The molecule has 96 valence electrons. The highest BCUT2D eigenvalue weighted by atomic mass is 35.5. The van der Waals surface area contributed by atoms with Gasteiger partial charge in [0.2, 0.25) is 4.52 Å². The lowest BCUT2D eigenvalue weighted by molar-refractivity contribution is 0.0736. The molecule has 0 N–H and O–H groups in total. The highest BCUT2D eigenvalue weighted by Crippen LogP contribution is 2.35. The number of alkyl halides is 2. The van der Waals surface area contributed by atoms with Crippen LogP contribution in [0.3, 0.4) is 0 Å². The Morgan fingerprint density at radius 2 is 1.65 bits per heavy atom. The lowest BCUT2D eigenvalue weighted by Gasteiger charge is -2.20. The monoisotopic (exact) mass is 274 g/mol. The maximum atomic E-state index is 6.14. The van der Waals surface area contributed by atoms with E-state index in [1.54, 1.807) is 0 Å². The van der Waals surface area contributed by atoms with E-state index < -0.39 is 4.52 Å². The zero-order chi connectivity index (χ0) is 12.6. The molecule has 0 radical (unpaired) electrons. The summed E-state index contributed by atoms with van der Waals surface area (Å²) >= 11 is 12.3. The summed E-state index contributed by atoms with van der Waals surface area (Å²) < 4.78 is 4.31. The molecule has 17 heavy (non-hydrogen) atoms. The third-order valence-corrected chi connectivity index (χ3v) is 3.30. The van der Waals surface area contributed by atoms with Gasteiger partial charge >= 0.3 is 0 Å². The molecule has 3 heteroatoms. The number of hydrogen-bond acceptors (Lipinski definition) is 1. The average molecular weight is 275 g/mol. The van der Waals surface area contributed by atoms with Gasteiger partial charge in [-0.15, -0.1) is 0 Å². The van der Waals surface area contributed by atoms with E-state index in [1.165, 1.54) is 25.7 Å².